The normalized spacial score (nSPS) is 14.4. The molecule has 0 saturated heterocycles. The van der Waals surface area contributed by atoms with Crippen LogP contribution in [0.15, 0.2) is 69.9 Å². The summed E-state index contributed by atoms with van der Waals surface area (Å²) in [6.45, 7) is 1.62. The van der Waals surface area contributed by atoms with Gasteiger partial charge < -0.3 is 39.4 Å². The zero-order chi connectivity index (χ0) is 29.9. The molecule has 5 N–H and O–H groups in total. The Balaban J connectivity index is 1.51. The van der Waals surface area contributed by atoms with Gasteiger partial charge in [-0.15, -0.1) is 0 Å². The number of hydrogen-bond acceptors (Lipinski definition) is 10. The number of carbonyl (C=O) groups excluding carboxylic acids is 1. The number of ether oxygens (including phenoxy) is 2. The van der Waals surface area contributed by atoms with Crippen LogP contribution in [-0.2, 0) is 0 Å². The first-order chi connectivity index (χ1) is 20.1. The van der Waals surface area contributed by atoms with Crippen molar-refractivity contribution in [3.05, 3.63) is 87.6 Å². The lowest BCUT2D eigenvalue weighted by Crippen LogP contribution is -2.21. The minimum absolute atomic E-state index is 0.00873. The average molecular weight is 569 g/mol. The molecule has 2 heterocycles. The van der Waals surface area contributed by atoms with Crippen LogP contribution in [0.4, 0.5) is 0 Å². The molecule has 1 aliphatic rings. The van der Waals surface area contributed by atoms with Gasteiger partial charge in [0.25, 0.3) is 0 Å². The first-order valence-corrected chi connectivity index (χ1v) is 12.8. The topological polar surface area (TPSA) is 167 Å². The van der Waals surface area contributed by atoms with Crippen molar-refractivity contribution in [1.82, 2.24) is 0 Å². The summed E-state index contributed by atoms with van der Waals surface area (Å²) in [6.07, 6.45) is -0.958. The van der Waals surface area contributed by atoms with Gasteiger partial charge in [-0.3, -0.25) is 9.59 Å². The van der Waals surface area contributed by atoms with Gasteiger partial charge in [0.05, 0.1) is 19.1 Å². The number of phenolic OH excluding ortho intramolecular Hbond substituents is 5. The monoisotopic (exact) mass is 568 g/mol. The fourth-order valence-electron chi connectivity index (χ4n) is 5.23. The summed E-state index contributed by atoms with van der Waals surface area (Å²) in [5, 5.41) is 52.4. The minimum atomic E-state index is -0.832. The van der Waals surface area contributed by atoms with E-state index in [1.807, 2.05) is 0 Å². The highest BCUT2D eigenvalue weighted by Gasteiger charge is 2.33. The van der Waals surface area contributed by atoms with Gasteiger partial charge in [-0.05, 0) is 48.9 Å². The van der Waals surface area contributed by atoms with Gasteiger partial charge in [-0.1, -0.05) is 6.07 Å². The van der Waals surface area contributed by atoms with E-state index in [1.165, 1.54) is 55.6 Å². The van der Waals surface area contributed by atoms with Crippen LogP contribution in [0.1, 0.15) is 34.0 Å². The Morgan fingerprint density at radius 2 is 1.57 bits per heavy atom. The summed E-state index contributed by atoms with van der Waals surface area (Å²) in [7, 11) is 1.43. The molecule has 0 bridgehead atoms. The number of benzene rings is 4. The summed E-state index contributed by atoms with van der Waals surface area (Å²) in [5.74, 6) is -1.29. The zero-order valence-electron chi connectivity index (χ0n) is 22.3. The Kier molecular flexibility index (Phi) is 6.18. The number of rotatable bonds is 4. The van der Waals surface area contributed by atoms with Crippen LogP contribution in [0, 0.1) is 6.92 Å². The molecule has 212 valence electrons. The molecule has 1 atom stereocenters. The smallest absolute Gasteiger partial charge is 0.197 e. The molecule has 0 amide bonds. The molecule has 0 saturated carbocycles. The van der Waals surface area contributed by atoms with E-state index in [2.05, 4.69) is 0 Å². The SMILES string of the molecule is COc1cc2c(c(O)c1C)C(=O)C[C@H](c1ccc(O)c(-c3c(O)cc(O)c4c(=O)cc(-c5ccc(O)cc5)oc34)c1)O2. The highest BCUT2D eigenvalue weighted by molar-refractivity contribution is 6.04. The molecule has 0 radical (unpaired) electrons. The Bertz CT molecular complexity index is 1970. The van der Waals surface area contributed by atoms with Crippen LogP contribution < -0.4 is 14.9 Å². The maximum absolute atomic E-state index is 13.1. The molecule has 0 unspecified atom stereocenters. The third-order valence-corrected chi connectivity index (χ3v) is 7.38. The predicted octanol–water partition coefficient (Wildman–Crippen LogP) is 5.68. The van der Waals surface area contributed by atoms with E-state index >= 15 is 0 Å². The van der Waals surface area contributed by atoms with Crippen LogP contribution in [0.2, 0.25) is 0 Å². The summed E-state index contributed by atoms with van der Waals surface area (Å²) in [5.41, 5.74) is 0.529. The highest BCUT2D eigenvalue weighted by atomic mass is 16.5. The fourth-order valence-corrected chi connectivity index (χ4v) is 5.23. The van der Waals surface area contributed by atoms with Crippen molar-refractivity contribution in [3.63, 3.8) is 0 Å². The van der Waals surface area contributed by atoms with E-state index in [-0.39, 0.29) is 68.6 Å². The maximum atomic E-state index is 13.1. The predicted molar refractivity (Wildman–Crippen MR) is 152 cm³/mol. The van der Waals surface area contributed by atoms with E-state index in [0.29, 0.717) is 22.4 Å². The zero-order valence-corrected chi connectivity index (χ0v) is 22.3. The van der Waals surface area contributed by atoms with Crippen molar-refractivity contribution < 1.29 is 44.2 Å². The molecule has 5 aromatic rings. The molecule has 10 nitrogen and oxygen atoms in total. The number of carbonyl (C=O) groups is 1. The molecule has 0 fully saturated rings. The molecule has 0 aliphatic carbocycles. The van der Waals surface area contributed by atoms with Gasteiger partial charge in [0, 0.05) is 34.9 Å². The van der Waals surface area contributed by atoms with Gasteiger partial charge in [0.1, 0.15) is 63.1 Å². The second kappa shape index (κ2) is 9.77. The number of aromatic hydroxyl groups is 5. The Morgan fingerprint density at radius 3 is 2.29 bits per heavy atom. The molecule has 4 aromatic carbocycles. The number of fused-ring (bicyclic) bond motifs is 2. The van der Waals surface area contributed by atoms with Crippen molar-refractivity contribution in [2.75, 3.05) is 7.11 Å². The largest absolute Gasteiger partial charge is 0.508 e. The lowest BCUT2D eigenvalue weighted by molar-refractivity contribution is 0.0844. The van der Waals surface area contributed by atoms with E-state index in [4.69, 9.17) is 13.9 Å². The Hall–Kier alpha value is -5.64. The summed E-state index contributed by atoms with van der Waals surface area (Å²) in [4.78, 5) is 26.2. The summed E-state index contributed by atoms with van der Waals surface area (Å²) < 4.78 is 17.4. The number of methoxy groups -OCH3 is 1. The fraction of sp³-hybridized carbons (Fsp3) is 0.125. The van der Waals surface area contributed by atoms with Crippen molar-refractivity contribution >= 4 is 16.8 Å². The summed E-state index contributed by atoms with van der Waals surface area (Å²) >= 11 is 0. The van der Waals surface area contributed by atoms with Gasteiger partial charge in [-0.25, -0.2) is 0 Å². The van der Waals surface area contributed by atoms with Crippen LogP contribution in [0.25, 0.3) is 33.4 Å². The lowest BCUT2D eigenvalue weighted by atomic mass is 9.91. The van der Waals surface area contributed by atoms with Gasteiger partial charge in [-0.2, -0.15) is 0 Å². The Labute approximate surface area is 237 Å². The lowest BCUT2D eigenvalue weighted by Gasteiger charge is -2.27. The van der Waals surface area contributed by atoms with Crippen LogP contribution in [-0.4, -0.2) is 38.4 Å². The second-order valence-corrected chi connectivity index (χ2v) is 9.95. The van der Waals surface area contributed by atoms with Crippen LogP contribution >= 0.6 is 0 Å². The van der Waals surface area contributed by atoms with E-state index in [0.717, 1.165) is 6.07 Å². The molecule has 10 heteroatoms. The molecule has 1 aromatic heterocycles. The van der Waals surface area contributed by atoms with E-state index in [9.17, 15) is 35.1 Å². The number of ketones is 1. The molecule has 6 rings (SSSR count). The maximum Gasteiger partial charge on any atom is 0.197 e. The van der Waals surface area contributed by atoms with Crippen LogP contribution in [0.3, 0.4) is 0 Å². The van der Waals surface area contributed by atoms with Crippen molar-refractivity contribution in [2.24, 2.45) is 0 Å². The van der Waals surface area contributed by atoms with Crippen molar-refractivity contribution in [2.45, 2.75) is 19.4 Å². The van der Waals surface area contributed by atoms with E-state index in [1.54, 1.807) is 13.0 Å². The molecule has 1 aliphatic heterocycles. The number of hydrogen-bond donors (Lipinski definition) is 5. The first kappa shape index (κ1) is 26.6. The average Bonchev–Trinajstić information content (AvgIpc) is 2.95. The van der Waals surface area contributed by atoms with Gasteiger partial charge in [0.15, 0.2) is 16.8 Å². The number of Topliss-reactive ketones (excluding diaryl/α,β-unsaturated/α-hetero) is 1. The standard InChI is InChI=1S/C32H24O10/c1-14-24(40-2)13-27-30(31(14)39)23(38)12-26(41-27)16-5-8-19(34)18(9-16)28-20(35)10-21(36)29-22(37)11-25(42-32(28)29)15-3-6-17(33)7-4-15/h3-11,13,26,33-36,39H,12H2,1-2H3/t26-/m1/s1. The molecule has 0 spiro atoms. The molecular formula is C32H24O10. The van der Waals surface area contributed by atoms with Crippen LogP contribution in [0.5, 0.6) is 40.2 Å². The molecule has 42 heavy (non-hydrogen) atoms. The quantitative estimate of drug-likeness (QED) is 0.182. The van der Waals surface area contributed by atoms with Crippen molar-refractivity contribution in [1.29, 1.82) is 0 Å². The molecular weight excluding hydrogens is 544 g/mol. The Morgan fingerprint density at radius 1 is 0.833 bits per heavy atom. The van der Waals surface area contributed by atoms with Gasteiger partial charge in [0.2, 0.25) is 0 Å². The second-order valence-electron chi connectivity index (χ2n) is 9.95. The van der Waals surface area contributed by atoms with Crippen molar-refractivity contribution in [3.8, 4) is 62.7 Å². The highest BCUT2D eigenvalue weighted by Crippen LogP contribution is 2.48. The van der Waals surface area contributed by atoms with Gasteiger partial charge >= 0.3 is 0 Å². The summed E-state index contributed by atoms with van der Waals surface area (Å²) in [6, 6.07) is 14.0. The third-order valence-electron chi connectivity index (χ3n) is 7.38. The minimum Gasteiger partial charge on any atom is -0.508 e. The first-order valence-electron chi connectivity index (χ1n) is 12.8. The third kappa shape index (κ3) is 4.21. The number of phenols is 5. The van der Waals surface area contributed by atoms with E-state index < -0.39 is 23.0 Å².